The van der Waals surface area contributed by atoms with Crippen LogP contribution in [-0.4, -0.2) is 36.0 Å². The SMILES string of the molecule is Cc1cc2cccc(CN3CCN(Cc4ccc(C#N)cc4)CC3)c2o1. The zero-order valence-corrected chi connectivity index (χ0v) is 15.1. The number of aryl methyl sites for hydroxylation is 1. The number of hydrogen-bond acceptors (Lipinski definition) is 4. The van der Waals surface area contributed by atoms with E-state index in [2.05, 4.69) is 52.3 Å². The average molecular weight is 345 g/mol. The molecule has 0 N–H and O–H groups in total. The first-order chi connectivity index (χ1) is 12.7. The molecular formula is C22H23N3O. The Kier molecular flexibility index (Phi) is 4.75. The van der Waals surface area contributed by atoms with Crippen molar-refractivity contribution in [1.29, 1.82) is 5.26 Å². The maximum atomic E-state index is 8.89. The minimum Gasteiger partial charge on any atom is -0.461 e. The molecule has 0 saturated carbocycles. The Labute approximate surface area is 154 Å². The fourth-order valence-corrected chi connectivity index (χ4v) is 3.67. The van der Waals surface area contributed by atoms with Gasteiger partial charge in [-0.1, -0.05) is 30.3 Å². The van der Waals surface area contributed by atoms with Gasteiger partial charge >= 0.3 is 0 Å². The molecule has 4 heteroatoms. The van der Waals surface area contributed by atoms with E-state index in [-0.39, 0.29) is 0 Å². The molecule has 0 aliphatic carbocycles. The van der Waals surface area contributed by atoms with Crippen molar-refractivity contribution >= 4 is 11.0 Å². The van der Waals surface area contributed by atoms with E-state index >= 15 is 0 Å². The summed E-state index contributed by atoms with van der Waals surface area (Å²) in [6, 6.07) is 18.6. The Morgan fingerprint density at radius 2 is 1.65 bits per heavy atom. The highest BCUT2D eigenvalue weighted by Crippen LogP contribution is 2.24. The van der Waals surface area contributed by atoms with E-state index in [1.165, 1.54) is 16.5 Å². The van der Waals surface area contributed by atoms with Crippen LogP contribution in [0.1, 0.15) is 22.5 Å². The van der Waals surface area contributed by atoms with E-state index in [0.29, 0.717) is 0 Å². The highest BCUT2D eigenvalue weighted by atomic mass is 16.3. The van der Waals surface area contributed by atoms with Gasteiger partial charge in [0, 0.05) is 50.2 Å². The molecule has 1 aliphatic heterocycles. The number of hydrogen-bond donors (Lipinski definition) is 0. The van der Waals surface area contributed by atoms with Crippen molar-refractivity contribution in [2.24, 2.45) is 0 Å². The molecule has 2 heterocycles. The van der Waals surface area contributed by atoms with Crippen molar-refractivity contribution in [3.63, 3.8) is 0 Å². The Hall–Kier alpha value is -2.61. The van der Waals surface area contributed by atoms with Crippen LogP contribution in [0.2, 0.25) is 0 Å². The van der Waals surface area contributed by atoms with Gasteiger partial charge in [-0.25, -0.2) is 0 Å². The summed E-state index contributed by atoms with van der Waals surface area (Å²) in [6.07, 6.45) is 0. The van der Waals surface area contributed by atoms with Gasteiger partial charge in [-0.3, -0.25) is 9.80 Å². The number of furan rings is 1. The highest BCUT2D eigenvalue weighted by molar-refractivity contribution is 5.81. The summed E-state index contributed by atoms with van der Waals surface area (Å²) in [5, 5.41) is 10.1. The fraction of sp³-hybridized carbons (Fsp3) is 0.318. The minimum atomic E-state index is 0.723. The predicted molar refractivity (Wildman–Crippen MR) is 103 cm³/mol. The van der Waals surface area contributed by atoms with Crippen LogP contribution in [0.25, 0.3) is 11.0 Å². The van der Waals surface area contributed by atoms with Crippen molar-refractivity contribution in [3.05, 3.63) is 71.0 Å². The van der Waals surface area contributed by atoms with Crippen LogP contribution in [-0.2, 0) is 13.1 Å². The third kappa shape index (κ3) is 3.65. The van der Waals surface area contributed by atoms with Crippen molar-refractivity contribution < 1.29 is 4.42 Å². The lowest BCUT2D eigenvalue weighted by molar-refractivity contribution is 0.122. The number of nitrogens with zero attached hydrogens (tertiary/aromatic N) is 3. The van der Waals surface area contributed by atoms with E-state index in [1.54, 1.807) is 0 Å². The first-order valence-corrected chi connectivity index (χ1v) is 9.13. The number of piperazine rings is 1. The van der Waals surface area contributed by atoms with E-state index in [0.717, 1.165) is 56.2 Å². The number of nitriles is 1. The zero-order valence-electron chi connectivity index (χ0n) is 15.1. The molecule has 0 spiro atoms. The molecule has 4 rings (SSSR count). The number of benzene rings is 2. The van der Waals surface area contributed by atoms with Crippen molar-refractivity contribution in [1.82, 2.24) is 9.80 Å². The van der Waals surface area contributed by atoms with Crippen molar-refractivity contribution in [2.75, 3.05) is 26.2 Å². The Balaban J connectivity index is 1.35. The molecule has 1 aliphatic rings. The lowest BCUT2D eigenvalue weighted by Crippen LogP contribution is -2.45. The standard InChI is InChI=1S/C22H23N3O/c1-17-13-20-3-2-4-21(22(20)26-17)16-25-11-9-24(10-12-25)15-19-7-5-18(14-23)6-8-19/h2-8,13H,9-12,15-16H2,1H3. The summed E-state index contributed by atoms with van der Waals surface area (Å²) in [5.41, 5.74) is 4.30. The maximum Gasteiger partial charge on any atom is 0.138 e. The molecule has 1 saturated heterocycles. The van der Waals surface area contributed by atoms with Crippen LogP contribution in [0.5, 0.6) is 0 Å². The van der Waals surface area contributed by atoms with Gasteiger partial charge in [0.1, 0.15) is 11.3 Å². The van der Waals surface area contributed by atoms with Gasteiger partial charge in [0.15, 0.2) is 0 Å². The van der Waals surface area contributed by atoms with Gasteiger partial charge in [0.05, 0.1) is 11.6 Å². The van der Waals surface area contributed by atoms with E-state index in [9.17, 15) is 0 Å². The van der Waals surface area contributed by atoms with Crippen LogP contribution in [0, 0.1) is 18.3 Å². The summed E-state index contributed by atoms with van der Waals surface area (Å²) in [4.78, 5) is 4.98. The Bertz CT molecular complexity index is 928. The minimum absolute atomic E-state index is 0.723. The Morgan fingerprint density at radius 1 is 0.962 bits per heavy atom. The quantitative estimate of drug-likeness (QED) is 0.718. The van der Waals surface area contributed by atoms with Gasteiger partial charge in [0.25, 0.3) is 0 Å². The largest absolute Gasteiger partial charge is 0.461 e. The maximum absolute atomic E-state index is 8.89. The molecule has 0 atom stereocenters. The summed E-state index contributed by atoms with van der Waals surface area (Å²) in [7, 11) is 0. The lowest BCUT2D eigenvalue weighted by Gasteiger charge is -2.34. The topological polar surface area (TPSA) is 43.4 Å². The molecular weight excluding hydrogens is 322 g/mol. The highest BCUT2D eigenvalue weighted by Gasteiger charge is 2.18. The van der Waals surface area contributed by atoms with Crippen LogP contribution in [0.3, 0.4) is 0 Å². The molecule has 0 bridgehead atoms. The second kappa shape index (κ2) is 7.33. The van der Waals surface area contributed by atoms with Crippen LogP contribution >= 0.6 is 0 Å². The lowest BCUT2D eigenvalue weighted by atomic mass is 10.1. The van der Waals surface area contributed by atoms with Gasteiger partial charge in [-0.15, -0.1) is 0 Å². The smallest absolute Gasteiger partial charge is 0.138 e. The summed E-state index contributed by atoms with van der Waals surface area (Å²) < 4.78 is 5.90. The second-order valence-electron chi connectivity index (χ2n) is 7.05. The Morgan fingerprint density at radius 3 is 2.35 bits per heavy atom. The van der Waals surface area contributed by atoms with Gasteiger partial charge in [0.2, 0.25) is 0 Å². The summed E-state index contributed by atoms with van der Waals surface area (Å²) in [5.74, 6) is 0.972. The summed E-state index contributed by atoms with van der Waals surface area (Å²) >= 11 is 0. The summed E-state index contributed by atoms with van der Waals surface area (Å²) in [6.45, 7) is 8.15. The molecule has 0 unspecified atom stereocenters. The average Bonchev–Trinajstić information content (AvgIpc) is 3.05. The fourth-order valence-electron chi connectivity index (χ4n) is 3.67. The first-order valence-electron chi connectivity index (χ1n) is 9.13. The number of para-hydroxylation sites is 1. The molecule has 0 amide bonds. The zero-order chi connectivity index (χ0) is 17.9. The van der Waals surface area contributed by atoms with Gasteiger partial charge in [-0.05, 0) is 30.7 Å². The van der Waals surface area contributed by atoms with Crippen LogP contribution in [0.4, 0.5) is 0 Å². The van der Waals surface area contributed by atoms with E-state index in [4.69, 9.17) is 9.68 Å². The van der Waals surface area contributed by atoms with Crippen molar-refractivity contribution in [2.45, 2.75) is 20.0 Å². The molecule has 0 radical (unpaired) electrons. The molecule has 3 aromatic rings. The van der Waals surface area contributed by atoms with E-state index < -0.39 is 0 Å². The molecule has 2 aromatic carbocycles. The van der Waals surface area contributed by atoms with Crippen molar-refractivity contribution in [3.8, 4) is 6.07 Å². The molecule has 26 heavy (non-hydrogen) atoms. The van der Waals surface area contributed by atoms with Gasteiger partial charge in [-0.2, -0.15) is 5.26 Å². The molecule has 4 nitrogen and oxygen atoms in total. The second-order valence-corrected chi connectivity index (χ2v) is 7.05. The monoisotopic (exact) mass is 345 g/mol. The van der Waals surface area contributed by atoms with Crippen LogP contribution < -0.4 is 0 Å². The third-order valence-corrected chi connectivity index (χ3v) is 5.10. The number of rotatable bonds is 4. The predicted octanol–water partition coefficient (Wildman–Crippen LogP) is 3.93. The van der Waals surface area contributed by atoms with Gasteiger partial charge < -0.3 is 4.42 Å². The first kappa shape index (κ1) is 16.8. The number of fused-ring (bicyclic) bond motifs is 1. The normalized spacial score (nSPS) is 16.0. The molecule has 132 valence electrons. The van der Waals surface area contributed by atoms with E-state index in [1.807, 2.05) is 19.1 Å². The van der Waals surface area contributed by atoms with Crippen LogP contribution in [0.15, 0.2) is 52.9 Å². The molecule has 1 fully saturated rings. The molecule has 1 aromatic heterocycles. The third-order valence-electron chi connectivity index (χ3n) is 5.10.